The summed E-state index contributed by atoms with van der Waals surface area (Å²) in [5.74, 6) is -0.880. The van der Waals surface area contributed by atoms with E-state index in [0.29, 0.717) is 11.3 Å². The van der Waals surface area contributed by atoms with Crippen LogP contribution in [0.5, 0.6) is 11.5 Å². The molecule has 0 bridgehead atoms. The molecule has 0 spiro atoms. The summed E-state index contributed by atoms with van der Waals surface area (Å²) < 4.78 is 0. The number of hydrogen-bond acceptors (Lipinski definition) is 5. The molecule has 7 nitrogen and oxygen atoms in total. The molecule has 4 N–H and O–H groups in total. The molecule has 0 aliphatic rings. The topological polar surface area (TPSA) is 111 Å². The van der Waals surface area contributed by atoms with Crippen molar-refractivity contribution in [3.8, 4) is 11.5 Å². The van der Waals surface area contributed by atoms with Crippen molar-refractivity contribution < 1.29 is 19.8 Å². The lowest BCUT2D eigenvalue weighted by Crippen LogP contribution is -2.22. The van der Waals surface area contributed by atoms with E-state index in [4.69, 9.17) is 0 Å². The second kappa shape index (κ2) is 8.66. The van der Waals surface area contributed by atoms with Crippen molar-refractivity contribution >= 4 is 23.2 Å². The zero-order valence-electron chi connectivity index (χ0n) is 14.6. The Hall–Kier alpha value is -3.35. The number of nitrogens with zero attached hydrogens (tertiary/aromatic N) is 1. The van der Waals surface area contributed by atoms with Gasteiger partial charge in [-0.15, -0.1) is 0 Å². The number of aryl methyl sites for hydroxylation is 1. The zero-order chi connectivity index (χ0) is 19.1. The van der Waals surface area contributed by atoms with Gasteiger partial charge in [0.15, 0.2) is 0 Å². The SMILES string of the molecule is C/C(=N\NC(=O)CCC(=O)Nc1ccccc1C)c1ccc(O)cc1O. The minimum Gasteiger partial charge on any atom is -0.508 e. The summed E-state index contributed by atoms with van der Waals surface area (Å²) in [6.07, 6.45) is 0.00918. The summed E-state index contributed by atoms with van der Waals surface area (Å²) in [6.45, 7) is 3.50. The Bertz CT molecular complexity index is 846. The summed E-state index contributed by atoms with van der Waals surface area (Å²) in [7, 11) is 0. The number of phenolic OH excluding ortho intramolecular Hbond substituents is 2. The Morgan fingerprint density at radius 2 is 1.73 bits per heavy atom. The van der Waals surface area contributed by atoms with E-state index in [2.05, 4.69) is 15.8 Å². The first kappa shape index (κ1) is 19.0. The number of carbonyl (C=O) groups is 2. The van der Waals surface area contributed by atoms with Gasteiger partial charge in [0.25, 0.3) is 0 Å². The molecule has 2 aromatic carbocycles. The van der Waals surface area contributed by atoms with Crippen molar-refractivity contribution in [2.24, 2.45) is 5.10 Å². The predicted octanol–water partition coefficient (Wildman–Crippen LogP) is 2.67. The minimum atomic E-state index is -0.414. The number of rotatable bonds is 6. The highest BCUT2D eigenvalue weighted by Gasteiger charge is 2.09. The maximum atomic E-state index is 11.9. The number of phenols is 2. The minimum absolute atomic E-state index is 0.0178. The van der Waals surface area contributed by atoms with Gasteiger partial charge in [-0.05, 0) is 37.6 Å². The first-order valence-corrected chi connectivity index (χ1v) is 8.08. The van der Waals surface area contributed by atoms with Gasteiger partial charge in [-0.2, -0.15) is 5.10 Å². The maximum Gasteiger partial charge on any atom is 0.240 e. The molecule has 136 valence electrons. The van der Waals surface area contributed by atoms with E-state index < -0.39 is 5.91 Å². The van der Waals surface area contributed by atoms with Crippen molar-refractivity contribution in [3.63, 3.8) is 0 Å². The Labute approximate surface area is 151 Å². The molecule has 0 radical (unpaired) electrons. The van der Waals surface area contributed by atoms with Gasteiger partial charge >= 0.3 is 0 Å². The van der Waals surface area contributed by atoms with E-state index in [9.17, 15) is 19.8 Å². The smallest absolute Gasteiger partial charge is 0.240 e. The third kappa shape index (κ3) is 5.34. The largest absolute Gasteiger partial charge is 0.508 e. The standard InChI is InChI=1S/C19H21N3O4/c1-12-5-3-4-6-16(12)20-18(25)9-10-19(26)22-21-13(2)15-8-7-14(23)11-17(15)24/h3-8,11,23-24H,9-10H2,1-2H3,(H,20,25)(H,22,26)/b21-13+. The highest BCUT2D eigenvalue weighted by Crippen LogP contribution is 2.23. The summed E-state index contributed by atoms with van der Waals surface area (Å²) in [4.78, 5) is 23.8. The van der Waals surface area contributed by atoms with Crippen molar-refractivity contribution in [2.75, 3.05) is 5.32 Å². The second-order valence-corrected chi connectivity index (χ2v) is 5.80. The van der Waals surface area contributed by atoms with E-state index in [0.717, 1.165) is 11.3 Å². The normalized spacial score (nSPS) is 11.1. The Morgan fingerprint density at radius 1 is 1.04 bits per heavy atom. The van der Waals surface area contributed by atoms with E-state index in [1.807, 2.05) is 25.1 Å². The second-order valence-electron chi connectivity index (χ2n) is 5.80. The molecule has 0 heterocycles. The van der Waals surface area contributed by atoms with Gasteiger partial charge < -0.3 is 15.5 Å². The first-order chi connectivity index (χ1) is 12.4. The molecule has 0 aliphatic carbocycles. The van der Waals surface area contributed by atoms with E-state index in [1.165, 1.54) is 18.2 Å². The molecule has 0 saturated heterocycles. The molecule has 0 fully saturated rings. The Balaban J connectivity index is 1.84. The highest BCUT2D eigenvalue weighted by molar-refractivity contribution is 6.01. The molecule has 26 heavy (non-hydrogen) atoms. The summed E-state index contributed by atoms with van der Waals surface area (Å²) in [6, 6.07) is 11.5. The molecular formula is C19H21N3O4. The van der Waals surface area contributed by atoms with Crippen LogP contribution in [0.15, 0.2) is 47.6 Å². The molecule has 0 saturated carbocycles. The zero-order valence-corrected chi connectivity index (χ0v) is 14.6. The first-order valence-electron chi connectivity index (χ1n) is 8.08. The lowest BCUT2D eigenvalue weighted by Gasteiger charge is -2.08. The van der Waals surface area contributed by atoms with Crippen LogP contribution >= 0.6 is 0 Å². The van der Waals surface area contributed by atoms with Crippen LogP contribution < -0.4 is 10.7 Å². The van der Waals surface area contributed by atoms with Crippen LogP contribution in [0.1, 0.15) is 30.9 Å². The summed E-state index contributed by atoms with van der Waals surface area (Å²) in [5, 5.41) is 25.7. The van der Waals surface area contributed by atoms with Crippen LogP contribution in [0, 0.1) is 6.92 Å². The number of hydrogen-bond donors (Lipinski definition) is 4. The van der Waals surface area contributed by atoms with E-state index in [1.54, 1.807) is 13.0 Å². The fourth-order valence-electron chi connectivity index (χ4n) is 2.24. The van der Waals surface area contributed by atoms with Gasteiger partial charge in [0.1, 0.15) is 11.5 Å². The van der Waals surface area contributed by atoms with Gasteiger partial charge in [-0.25, -0.2) is 5.43 Å². The average Bonchev–Trinajstić information content (AvgIpc) is 2.60. The van der Waals surface area contributed by atoms with Gasteiger partial charge in [0.2, 0.25) is 11.8 Å². The molecule has 2 aromatic rings. The lowest BCUT2D eigenvalue weighted by molar-refractivity contribution is -0.124. The monoisotopic (exact) mass is 355 g/mol. The molecule has 2 rings (SSSR count). The van der Waals surface area contributed by atoms with Gasteiger partial charge in [-0.1, -0.05) is 18.2 Å². The molecular weight excluding hydrogens is 334 g/mol. The molecule has 7 heteroatoms. The third-order valence-corrected chi connectivity index (χ3v) is 3.72. The molecule has 0 aliphatic heterocycles. The van der Waals surface area contributed by atoms with Crippen molar-refractivity contribution in [1.29, 1.82) is 0 Å². The number of hydrazone groups is 1. The fraction of sp³-hybridized carbons (Fsp3) is 0.211. The van der Waals surface area contributed by atoms with Crippen molar-refractivity contribution in [1.82, 2.24) is 5.43 Å². The number of carbonyl (C=O) groups excluding carboxylic acids is 2. The van der Waals surface area contributed by atoms with Crippen LogP contribution in [-0.4, -0.2) is 27.7 Å². The Morgan fingerprint density at radius 3 is 2.42 bits per heavy atom. The molecule has 0 unspecified atom stereocenters. The maximum absolute atomic E-state index is 11.9. The third-order valence-electron chi connectivity index (χ3n) is 3.72. The summed E-state index contributed by atoms with van der Waals surface area (Å²) >= 11 is 0. The van der Waals surface area contributed by atoms with E-state index >= 15 is 0 Å². The number of nitrogens with one attached hydrogen (secondary N) is 2. The number of para-hydroxylation sites is 1. The summed E-state index contributed by atoms with van der Waals surface area (Å²) in [5.41, 5.74) is 4.77. The molecule has 0 atom stereocenters. The highest BCUT2D eigenvalue weighted by atomic mass is 16.3. The van der Waals surface area contributed by atoms with E-state index in [-0.39, 0.29) is 30.2 Å². The fourth-order valence-corrected chi connectivity index (χ4v) is 2.24. The van der Waals surface area contributed by atoms with Crippen LogP contribution in [0.25, 0.3) is 0 Å². The van der Waals surface area contributed by atoms with Crippen molar-refractivity contribution in [3.05, 3.63) is 53.6 Å². The number of aromatic hydroxyl groups is 2. The van der Waals surface area contributed by atoms with Gasteiger partial charge in [0.05, 0.1) is 5.71 Å². The molecule has 2 amide bonds. The number of anilines is 1. The van der Waals surface area contributed by atoms with Gasteiger partial charge in [0, 0.05) is 30.2 Å². The lowest BCUT2D eigenvalue weighted by atomic mass is 10.1. The Kier molecular flexibility index (Phi) is 6.32. The quantitative estimate of drug-likeness (QED) is 0.471. The van der Waals surface area contributed by atoms with Crippen LogP contribution in [0.3, 0.4) is 0 Å². The average molecular weight is 355 g/mol. The molecule has 0 aromatic heterocycles. The predicted molar refractivity (Wildman–Crippen MR) is 99.2 cm³/mol. The van der Waals surface area contributed by atoms with Gasteiger partial charge in [-0.3, -0.25) is 9.59 Å². The van der Waals surface area contributed by atoms with Crippen LogP contribution in [-0.2, 0) is 9.59 Å². The van der Waals surface area contributed by atoms with Crippen LogP contribution in [0.4, 0.5) is 5.69 Å². The van der Waals surface area contributed by atoms with Crippen LogP contribution in [0.2, 0.25) is 0 Å². The number of benzene rings is 2. The van der Waals surface area contributed by atoms with Crippen molar-refractivity contribution in [2.45, 2.75) is 26.7 Å². The number of amides is 2.